The Morgan fingerprint density at radius 3 is 2.81 bits per heavy atom. The Morgan fingerprint density at radius 1 is 1.38 bits per heavy atom. The summed E-state index contributed by atoms with van der Waals surface area (Å²) in [5, 5.41) is 18.4. The van der Waals surface area contributed by atoms with Crippen LogP contribution in [0.2, 0.25) is 0 Å². The SMILES string of the molecule is O=C(O)c1cccc(OC2CCCC2O)c1. The van der Waals surface area contributed by atoms with Gasteiger partial charge in [-0.25, -0.2) is 4.79 Å². The smallest absolute Gasteiger partial charge is 0.335 e. The second-order valence-corrected chi connectivity index (χ2v) is 3.99. The molecular weight excluding hydrogens is 208 g/mol. The summed E-state index contributed by atoms with van der Waals surface area (Å²) in [4.78, 5) is 10.7. The van der Waals surface area contributed by atoms with Crippen molar-refractivity contribution in [2.24, 2.45) is 0 Å². The number of hydrogen-bond acceptors (Lipinski definition) is 3. The van der Waals surface area contributed by atoms with Crippen molar-refractivity contribution >= 4 is 5.97 Å². The molecule has 1 aromatic carbocycles. The third-order valence-electron chi connectivity index (χ3n) is 2.79. The highest BCUT2D eigenvalue weighted by Crippen LogP contribution is 2.25. The number of carbonyl (C=O) groups is 1. The maximum absolute atomic E-state index is 10.7. The topological polar surface area (TPSA) is 66.8 Å². The summed E-state index contributed by atoms with van der Waals surface area (Å²) < 4.78 is 5.57. The molecule has 2 atom stereocenters. The maximum atomic E-state index is 10.7. The third-order valence-corrected chi connectivity index (χ3v) is 2.79. The Hall–Kier alpha value is -1.55. The maximum Gasteiger partial charge on any atom is 0.335 e. The van der Waals surface area contributed by atoms with Crippen LogP contribution in [-0.2, 0) is 0 Å². The molecule has 4 nitrogen and oxygen atoms in total. The van der Waals surface area contributed by atoms with Crippen LogP contribution in [0.5, 0.6) is 5.75 Å². The van der Waals surface area contributed by atoms with E-state index in [0.29, 0.717) is 5.75 Å². The van der Waals surface area contributed by atoms with Gasteiger partial charge in [0.25, 0.3) is 0 Å². The highest BCUT2D eigenvalue weighted by Gasteiger charge is 2.26. The van der Waals surface area contributed by atoms with Gasteiger partial charge in [0.15, 0.2) is 0 Å². The van der Waals surface area contributed by atoms with Crippen LogP contribution in [0.3, 0.4) is 0 Å². The zero-order valence-corrected chi connectivity index (χ0v) is 8.80. The summed E-state index contributed by atoms with van der Waals surface area (Å²) >= 11 is 0. The van der Waals surface area contributed by atoms with Crippen molar-refractivity contribution in [2.45, 2.75) is 31.5 Å². The molecule has 0 bridgehead atoms. The van der Waals surface area contributed by atoms with Gasteiger partial charge >= 0.3 is 5.97 Å². The molecule has 0 amide bonds. The Labute approximate surface area is 93.5 Å². The van der Waals surface area contributed by atoms with Gasteiger partial charge in [-0.15, -0.1) is 0 Å². The lowest BCUT2D eigenvalue weighted by Gasteiger charge is -2.17. The molecule has 86 valence electrons. The molecule has 1 fully saturated rings. The molecule has 2 unspecified atom stereocenters. The number of aromatic carboxylic acids is 1. The van der Waals surface area contributed by atoms with Crippen LogP contribution in [-0.4, -0.2) is 28.4 Å². The van der Waals surface area contributed by atoms with Gasteiger partial charge < -0.3 is 14.9 Å². The monoisotopic (exact) mass is 222 g/mol. The lowest BCUT2D eigenvalue weighted by Crippen LogP contribution is -2.25. The molecule has 0 aromatic heterocycles. The van der Waals surface area contributed by atoms with Crippen molar-refractivity contribution in [3.05, 3.63) is 29.8 Å². The van der Waals surface area contributed by atoms with Crippen molar-refractivity contribution < 1.29 is 19.7 Å². The molecular formula is C12H14O4. The van der Waals surface area contributed by atoms with Gasteiger partial charge in [-0.3, -0.25) is 0 Å². The first-order valence-electron chi connectivity index (χ1n) is 5.35. The highest BCUT2D eigenvalue weighted by molar-refractivity contribution is 5.87. The largest absolute Gasteiger partial charge is 0.488 e. The van der Waals surface area contributed by atoms with E-state index < -0.39 is 12.1 Å². The zero-order chi connectivity index (χ0) is 11.5. The molecule has 1 aromatic rings. The van der Waals surface area contributed by atoms with Crippen molar-refractivity contribution in [2.75, 3.05) is 0 Å². The first-order chi connectivity index (χ1) is 7.66. The zero-order valence-electron chi connectivity index (χ0n) is 8.80. The number of aliphatic hydroxyl groups is 1. The van der Waals surface area contributed by atoms with E-state index in [9.17, 15) is 9.90 Å². The van der Waals surface area contributed by atoms with Crippen LogP contribution in [0.1, 0.15) is 29.6 Å². The second kappa shape index (κ2) is 4.53. The predicted molar refractivity (Wildman–Crippen MR) is 57.7 cm³/mol. The molecule has 4 heteroatoms. The van der Waals surface area contributed by atoms with Crippen molar-refractivity contribution in [1.82, 2.24) is 0 Å². The third kappa shape index (κ3) is 2.33. The summed E-state index contributed by atoms with van der Waals surface area (Å²) in [5.74, 6) is -0.469. The van der Waals surface area contributed by atoms with E-state index in [1.54, 1.807) is 12.1 Å². The first-order valence-corrected chi connectivity index (χ1v) is 5.35. The molecule has 0 heterocycles. The van der Waals surface area contributed by atoms with Gasteiger partial charge in [-0.2, -0.15) is 0 Å². The average molecular weight is 222 g/mol. The van der Waals surface area contributed by atoms with Gasteiger partial charge in [-0.1, -0.05) is 6.07 Å². The van der Waals surface area contributed by atoms with E-state index in [4.69, 9.17) is 9.84 Å². The van der Waals surface area contributed by atoms with Crippen molar-refractivity contribution in [1.29, 1.82) is 0 Å². The summed E-state index contributed by atoms with van der Waals surface area (Å²) in [6.45, 7) is 0. The second-order valence-electron chi connectivity index (χ2n) is 3.99. The van der Waals surface area contributed by atoms with Gasteiger partial charge in [0.1, 0.15) is 11.9 Å². The van der Waals surface area contributed by atoms with Crippen LogP contribution >= 0.6 is 0 Å². The summed E-state index contributed by atoms with van der Waals surface area (Å²) in [5.41, 5.74) is 0.199. The Kier molecular flexibility index (Phi) is 3.10. The fourth-order valence-corrected chi connectivity index (χ4v) is 1.92. The molecule has 0 radical (unpaired) electrons. The number of carboxylic acids is 1. The summed E-state index contributed by atoms with van der Waals surface area (Å²) in [7, 11) is 0. The van der Waals surface area contributed by atoms with E-state index >= 15 is 0 Å². The van der Waals surface area contributed by atoms with Crippen LogP contribution in [0.25, 0.3) is 0 Å². The normalized spacial score (nSPS) is 24.3. The minimum absolute atomic E-state index is 0.199. The molecule has 0 aliphatic heterocycles. The molecule has 0 spiro atoms. The Balaban J connectivity index is 2.09. The van der Waals surface area contributed by atoms with E-state index in [2.05, 4.69) is 0 Å². The van der Waals surface area contributed by atoms with Crippen LogP contribution in [0.4, 0.5) is 0 Å². The van der Waals surface area contributed by atoms with Crippen LogP contribution < -0.4 is 4.74 Å². The van der Waals surface area contributed by atoms with Gasteiger partial charge in [0, 0.05) is 0 Å². The average Bonchev–Trinajstić information content (AvgIpc) is 2.65. The number of hydrogen-bond donors (Lipinski definition) is 2. The Bertz CT molecular complexity index is 388. The number of carboxylic acid groups (broad SMARTS) is 1. The molecule has 1 aliphatic rings. The molecule has 1 saturated carbocycles. The van der Waals surface area contributed by atoms with Gasteiger partial charge in [0.2, 0.25) is 0 Å². The van der Waals surface area contributed by atoms with Crippen molar-refractivity contribution in [3.8, 4) is 5.75 Å². The van der Waals surface area contributed by atoms with E-state index in [1.165, 1.54) is 12.1 Å². The number of aliphatic hydroxyl groups excluding tert-OH is 1. The van der Waals surface area contributed by atoms with E-state index in [-0.39, 0.29) is 11.7 Å². The summed E-state index contributed by atoms with van der Waals surface area (Å²) in [6, 6.07) is 6.34. The minimum Gasteiger partial charge on any atom is -0.488 e. The minimum atomic E-state index is -0.975. The highest BCUT2D eigenvalue weighted by atomic mass is 16.5. The predicted octanol–water partition coefficient (Wildman–Crippen LogP) is 1.68. The van der Waals surface area contributed by atoms with E-state index in [0.717, 1.165) is 19.3 Å². The Morgan fingerprint density at radius 2 is 2.19 bits per heavy atom. The fraction of sp³-hybridized carbons (Fsp3) is 0.417. The fourth-order valence-electron chi connectivity index (χ4n) is 1.92. The van der Waals surface area contributed by atoms with Crippen LogP contribution in [0.15, 0.2) is 24.3 Å². The lowest BCUT2D eigenvalue weighted by molar-refractivity contribution is 0.0600. The lowest BCUT2D eigenvalue weighted by atomic mass is 10.2. The number of ether oxygens (including phenoxy) is 1. The molecule has 2 N–H and O–H groups in total. The first kappa shape index (κ1) is 11.0. The number of rotatable bonds is 3. The molecule has 16 heavy (non-hydrogen) atoms. The molecule has 2 rings (SSSR count). The van der Waals surface area contributed by atoms with Crippen LogP contribution in [0, 0.1) is 0 Å². The van der Waals surface area contributed by atoms with Crippen molar-refractivity contribution in [3.63, 3.8) is 0 Å². The summed E-state index contributed by atoms with van der Waals surface area (Å²) in [6.07, 6.45) is 1.88. The standard InChI is InChI=1S/C12H14O4/c13-10-5-2-6-11(10)16-9-4-1-3-8(7-9)12(14)15/h1,3-4,7,10-11,13H,2,5-6H2,(H,14,15). The van der Waals surface area contributed by atoms with Gasteiger partial charge in [0.05, 0.1) is 11.7 Å². The molecule has 1 aliphatic carbocycles. The number of benzene rings is 1. The molecule has 0 saturated heterocycles. The quantitative estimate of drug-likeness (QED) is 0.816. The van der Waals surface area contributed by atoms with E-state index in [1.807, 2.05) is 0 Å². The van der Waals surface area contributed by atoms with Gasteiger partial charge in [-0.05, 0) is 37.5 Å².